The zero-order valence-electron chi connectivity index (χ0n) is 15.1. The van der Waals surface area contributed by atoms with E-state index >= 15 is 0 Å². The van der Waals surface area contributed by atoms with Crippen LogP contribution in [0.4, 0.5) is 4.39 Å². The van der Waals surface area contributed by atoms with Crippen molar-refractivity contribution < 1.29 is 17.5 Å². The Morgan fingerprint density at radius 3 is 2.48 bits per heavy atom. The van der Waals surface area contributed by atoms with E-state index in [0.29, 0.717) is 6.61 Å². The number of fused-ring (bicyclic) bond motifs is 1. The van der Waals surface area contributed by atoms with Gasteiger partial charge in [0.1, 0.15) is 18.2 Å². The Balaban J connectivity index is 1.58. The third kappa shape index (κ3) is 4.00. The standard InChI is InChI=1S/C20H23FN2O3S/c21-18-4-6-19(7-5-18)27(24,25)23-11-12-26-20-8-3-16(13-17(20)15-23)14-22-9-1-2-10-22/h3-8,13H,1-2,9-12,14-15H2. The molecule has 2 aliphatic rings. The van der Waals surface area contributed by atoms with Gasteiger partial charge in [0, 0.05) is 25.2 Å². The maximum Gasteiger partial charge on any atom is 0.243 e. The van der Waals surface area contributed by atoms with Gasteiger partial charge in [0.05, 0.1) is 4.90 Å². The molecule has 2 aromatic rings. The molecule has 0 radical (unpaired) electrons. The maximum absolute atomic E-state index is 13.2. The van der Waals surface area contributed by atoms with E-state index in [9.17, 15) is 12.8 Å². The van der Waals surface area contributed by atoms with Crippen LogP contribution in [-0.4, -0.2) is 43.9 Å². The first-order valence-corrected chi connectivity index (χ1v) is 10.7. The lowest BCUT2D eigenvalue weighted by Gasteiger charge is -2.20. The Morgan fingerprint density at radius 1 is 1.00 bits per heavy atom. The van der Waals surface area contributed by atoms with E-state index in [0.717, 1.165) is 30.9 Å². The normalized spacial score (nSPS) is 18.7. The van der Waals surface area contributed by atoms with Crippen molar-refractivity contribution >= 4 is 10.0 Å². The lowest BCUT2D eigenvalue weighted by atomic mass is 10.1. The predicted molar refractivity (Wildman–Crippen MR) is 100 cm³/mol. The minimum absolute atomic E-state index is 0.0978. The van der Waals surface area contributed by atoms with Gasteiger partial charge in [-0.3, -0.25) is 4.90 Å². The largest absolute Gasteiger partial charge is 0.492 e. The lowest BCUT2D eigenvalue weighted by molar-refractivity contribution is 0.293. The second-order valence-electron chi connectivity index (χ2n) is 7.07. The summed E-state index contributed by atoms with van der Waals surface area (Å²) in [5, 5.41) is 0. The van der Waals surface area contributed by atoms with E-state index in [1.807, 2.05) is 12.1 Å². The van der Waals surface area contributed by atoms with Crippen molar-refractivity contribution in [1.82, 2.24) is 9.21 Å². The Kier molecular flexibility index (Phi) is 5.16. The number of rotatable bonds is 4. The number of likely N-dealkylation sites (tertiary alicyclic amines) is 1. The number of halogens is 1. The molecule has 1 fully saturated rings. The van der Waals surface area contributed by atoms with Crippen molar-refractivity contribution in [2.75, 3.05) is 26.2 Å². The van der Waals surface area contributed by atoms with Gasteiger partial charge in [-0.05, 0) is 67.9 Å². The molecule has 2 heterocycles. The Bertz CT molecular complexity index is 909. The van der Waals surface area contributed by atoms with Crippen molar-refractivity contribution in [3.05, 3.63) is 59.4 Å². The molecule has 1 saturated heterocycles. The average molecular weight is 390 g/mol. The first-order chi connectivity index (χ1) is 13.0. The van der Waals surface area contributed by atoms with E-state index in [2.05, 4.69) is 11.0 Å². The predicted octanol–water partition coefficient (Wildman–Crippen LogP) is 3.00. The molecule has 0 unspecified atom stereocenters. The monoisotopic (exact) mass is 390 g/mol. The quantitative estimate of drug-likeness (QED) is 0.805. The highest BCUT2D eigenvalue weighted by Crippen LogP contribution is 2.28. The topological polar surface area (TPSA) is 49.9 Å². The summed E-state index contributed by atoms with van der Waals surface area (Å²) in [6.07, 6.45) is 2.47. The summed E-state index contributed by atoms with van der Waals surface area (Å²) in [5.41, 5.74) is 2.04. The second kappa shape index (κ2) is 7.58. The summed E-state index contributed by atoms with van der Waals surface area (Å²) in [4.78, 5) is 2.51. The molecule has 0 spiro atoms. The summed E-state index contributed by atoms with van der Waals surface area (Å²) in [5.74, 6) is 0.280. The molecule has 0 aromatic heterocycles. The van der Waals surface area contributed by atoms with E-state index < -0.39 is 15.8 Å². The molecule has 5 nitrogen and oxygen atoms in total. The molecule has 2 aromatic carbocycles. The molecule has 4 rings (SSSR count). The van der Waals surface area contributed by atoms with Gasteiger partial charge in [-0.1, -0.05) is 6.07 Å². The molecule has 0 N–H and O–H groups in total. The smallest absolute Gasteiger partial charge is 0.243 e. The minimum Gasteiger partial charge on any atom is -0.492 e. The zero-order chi connectivity index (χ0) is 18.9. The number of nitrogens with zero attached hydrogens (tertiary/aromatic N) is 2. The van der Waals surface area contributed by atoms with Crippen LogP contribution in [0.25, 0.3) is 0 Å². The molecule has 27 heavy (non-hydrogen) atoms. The van der Waals surface area contributed by atoms with Gasteiger partial charge in [0.25, 0.3) is 0 Å². The van der Waals surface area contributed by atoms with Crippen LogP contribution < -0.4 is 4.74 Å². The fourth-order valence-corrected chi connectivity index (χ4v) is 5.08. The molecule has 0 bridgehead atoms. The van der Waals surface area contributed by atoms with Crippen LogP contribution in [0.2, 0.25) is 0 Å². The van der Waals surface area contributed by atoms with Gasteiger partial charge in [-0.15, -0.1) is 0 Å². The van der Waals surface area contributed by atoms with E-state index in [1.165, 1.54) is 47.0 Å². The van der Waals surface area contributed by atoms with Crippen molar-refractivity contribution in [3.63, 3.8) is 0 Å². The molecule has 144 valence electrons. The third-order valence-electron chi connectivity index (χ3n) is 5.13. The Hall–Kier alpha value is -1.96. The molecule has 0 atom stereocenters. The minimum atomic E-state index is -3.70. The van der Waals surface area contributed by atoms with Gasteiger partial charge in [-0.25, -0.2) is 12.8 Å². The molecule has 0 saturated carbocycles. The second-order valence-corrected chi connectivity index (χ2v) is 9.00. The van der Waals surface area contributed by atoms with Gasteiger partial charge >= 0.3 is 0 Å². The van der Waals surface area contributed by atoms with Gasteiger partial charge in [-0.2, -0.15) is 4.31 Å². The van der Waals surface area contributed by atoms with Crippen LogP contribution in [0.3, 0.4) is 0 Å². The average Bonchev–Trinajstić information content (AvgIpc) is 3.06. The van der Waals surface area contributed by atoms with Gasteiger partial charge in [0.15, 0.2) is 0 Å². The van der Waals surface area contributed by atoms with Crippen molar-refractivity contribution in [2.24, 2.45) is 0 Å². The van der Waals surface area contributed by atoms with Gasteiger partial charge < -0.3 is 4.74 Å². The molecule has 0 aliphatic carbocycles. The van der Waals surface area contributed by atoms with Crippen molar-refractivity contribution in [2.45, 2.75) is 30.8 Å². The van der Waals surface area contributed by atoms with Gasteiger partial charge in [0.2, 0.25) is 10.0 Å². The number of hydrogen-bond donors (Lipinski definition) is 0. The van der Waals surface area contributed by atoms with Crippen molar-refractivity contribution in [1.29, 1.82) is 0 Å². The molecular weight excluding hydrogens is 367 g/mol. The SMILES string of the molecule is O=S(=O)(c1ccc(F)cc1)N1CCOc2ccc(CN3CCCC3)cc2C1. The zero-order valence-corrected chi connectivity index (χ0v) is 15.9. The van der Waals surface area contributed by atoms with Crippen LogP contribution in [0.5, 0.6) is 5.75 Å². The van der Waals surface area contributed by atoms with Crippen LogP contribution >= 0.6 is 0 Å². The molecular formula is C20H23FN2O3S. The fourth-order valence-electron chi connectivity index (χ4n) is 3.68. The molecule has 2 aliphatic heterocycles. The van der Waals surface area contributed by atoms with Crippen LogP contribution in [0.15, 0.2) is 47.4 Å². The first kappa shape index (κ1) is 18.4. The van der Waals surface area contributed by atoms with Crippen LogP contribution in [-0.2, 0) is 23.1 Å². The highest BCUT2D eigenvalue weighted by molar-refractivity contribution is 7.89. The fraction of sp³-hybridized carbons (Fsp3) is 0.400. The van der Waals surface area contributed by atoms with E-state index in [4.69, 9.17) is 4.74 Å². The summed E-state index contributed by atoms with van der Waals surface area (Å²) < 4.78 is 46.3. The number of benzene rings is 2. The highest BCUT2D eigenvalue weighted by Gasteiger charge is 2.28. The summed E-state index contributed by atoms with van der Waals surface area (Å²) in [7, 11) is -3.70. The number of hydrogen-bond acceptors (Lipinski definition) is 4. The summed E-state index contributed by atoms with van der Waals surface area (Å²) in [6.45, 7) is 3.90. The third-order valence-corrected chi connectivity index (χ3v) is 6.99. The Labute approximate surface area is 159 Å². The molecule has 7 heteroatoms. The first-order valence-electron chi connectivity index (χ1n) is 9.25. The number of ether oxygens (including phenoxy) is 1. The highest BCUT2D eigenvalue weighted by atomic mass is 32.2. The summed E-state index contributed by atoms with van der Waals surface area (Å²) in [6, 6.07) is 11.0. The van der Waals surface area contributed by atoms with Crippen LogP contribution in [0, 0.1) is 5.82 Å². The van der Waals surface area contributed by atoms with Crippen molar-refractivity contribution in [3.8, 4) is 5.75 Å². The number of sulfonamides is 1. The van der Waals surface area contributed by atoms with Crippen LogP contribution in [0.1, 0.15) is 24.0 Å². The lowest BCUT2D eigenvalue weighted by Crippen LogP contribution is -2.32. The molecule has 0 amide bonds. The van der Waals surface area contributed by atoms with E-state index in [1.54, 1.807) is 0 Å². The maximum atomic E-state index is 13.2. The van der Waals surface area contributed by atoms with E-state index in [-0.39, 0.29) is 18.0 Å². The Morgan fingerprint density at radius 2 is 1.74 bits per heavy atom. The summed E-state index contributed by atoms with van der Waals surface area (Å²) >= 11 is 0.